The quantitative estimate of drug-likeness (QED) is 0.874. The third kappa shape index (κ3) is 3.28. The molecule has 0 bridgehead atoms. The number of hydrogen-bond donors (Lipinski definition) is 1. The maximum absolute atomic E-state index is 12.2. The van der Waals surface area contributed by atoms with E-state index in [1.165, 1.54) is 0 Å². The van der Waals surface area contributed by atoms with Crippen molar-refractivity contribution in [3.05, 3.63) is 35.4 Å². The number of fused-ring (bicyclic) bond motifs is 1. The van der Waals surface area contributed by atoms with Crippen molar-refractivity contribution in [3.63, 3.8) is 0 Å². The molecule has 0 aromatic carbocycles. The molecule has 0 saturated heterocycles. The van der Waals surface area contributed by atoms with Crippen LogP contribution in [-0.4, -0.2) is 53.5 Å². The number of carbonyl (C=O) groups is 1. The molecule has 23 heavy (non-hydrogen) atoms. The molecule has 1 unspecified atom stereocenters. The Morgan fingerprint density at radius 1 is 1.48 bits per heavy atom. The van der Waals surface area contributed by atoms with Crippen LogP contribution in [0, 0.1) is 0 Å². The molecule has 3 rings (SSSR count). The van der Waals surface area contributed by atoms with E-state index in [9.17, 15) is 9.90 Å². The smallest absolute Gasteiger partial charge is 0.232 e. The predicted octanol–water partition coefficient (Wildman–Crippen LogP) is 0.794. The molecule has 124 valence electrons. The van der Waals surface area contributed by atoms with Gasteiger partial charge in [-0.2, -0.15) is 22.0 Å². The van der Waals surface area contributed by atoms with Crippen LogP contribution in [0.5, 0.6) is 0 Å². The average Bonchev–Trinajstić information content (AvgIpc) is 3.17. The summed E-state index contributed by atoms with van der Waals surface area (Å²) in [6.07, 6.45) is 0.848. The second-order valence-electron chi connectivity index (χ2n) is 5.52. The molecule has 0 saturated carbocycles. The molecule has 0 spiro atoms. The fourth-order valence-corrected chi connectivity index (χ4v) is 3.28. The minimum absolute atomic E-state index is 0.165. The Bertz CT molecular complexity index is 696. The summed E-state index contributed by atoms with van der Waals surface area (Å²) in [6, 6.07) is 3.66. The van der Waals surface area contributed by atoms with Crippen molar-refractivity contribution in [1.29, 1.82) is 0 Å². The SMILES string of the molecule is CCSCC(=O)N1CCn2nc(C(O)c3ccnn3C)cc2C1. The van der Waals surface area contributed by atoms with Crippen LogP contribution in [0.2, 0.25) is 0 Å². The topological polar surface area (TPSA) is 76.2 Å². The van der Waals surface area contributed by atoms with Gasteiger partial charge in [-0.05, 0) is 17.9 Å². The number of carbonyl (C=O) groups excluding carboxylic acids is 1. The van der Waals surface area contributed by atoms with Gasteiger partial charge in [0.2, 0.25) is 5.91 Å². The van der Waals surface area contributed by atoms with Gasteiger partial charge in [-0.3, -0.25) is 14.2 Å². The summed E-state index contributed by atoms with van der Waals surface area (Å²) >= 11 is 1.64. The molecular formula is C15H21N5O2S. The summed E-state index contributed by atoms with van der Waals surface area (Å²) in [6.45, 7) is 3.93. The lowest BCUT2D eigenvalue weighted by molar-refractivity contribution is -0.129. The first-order chi connectivity index (χ1) is 11.1. The van der Waals surface area contributed by atoms with Crippen LogP contribution in [0.4, 0.5) is 0 Å². The number of amides is 1. The van der Waals surface area contributed by atoms with Gasteiger partial charge in [0.05, 0.1) is 35.9 Å². The number of aromatic nitrogens is 4. The monoisotopic (exact) mass is 335 g/mol. The molecule has 1 amide bonds. The Morgan fingerprint density at radius 3 is 3.00 bits per heavy atom. The van der Waals surface area contributed by atoms with Crippen LogP contribution < -0.4 is 0 Å². The van der Waals surface area contributed by atoms with Crippen LogP contribution in [0.15, 0.2) is 18.3 Å². The van der Waals surface area contributed by atoms with E-state index < -0.39 is 6.10 Å². The highest BCUT2D eigenvalue weighted by Crippen LogP contribution is 2.23. The molecule has 1 aliphatic heterocycles. The highest BCUT2D eigenvalue weighted by molar-refractivity contribution is 7.99. The number of aliphatic hydroxyl groups is 1. The summed E-state index contributed by atoms with van der Waals surface area (Å²) in [5.74, 6) is 1.63. The van der Waals surface area contributed by atoms with Gasteiger partial charge in [-0.25, -0.2) is 0 Å². The van der Waals surface area contributed by atoms with Gasteiger partial charge >= 0.3 is 0 Å². The van der Waals surface area contributed by atoms with E-state index in [1.54, 1.807) is 35.8 Å². The summed E-state index contributed by atoms with van der Waals surface area (Å²) in [4.78, 5) is 14.0. The summed E-state index contributed by atoms with van der Waals surface area (Å²) in [7, 11) is 1.79. The number of thioether (sulfide) groups is 1. The Hall–Kier alpha value is -1.80. The van der Waals surface area contributed by atoms with E-state index in [2.05, 4.69) is 17.1 Å². The van der Waals surface area contributed by atoms with E-state index in [1.807, 2.05) is 15.6 Å². The summed E-state index contributed by atoms with van der Waals surface area (Å²) in [5.41, 5.74) is 2.26. The van der Waals surface area contributed by atoms with Crippen molar-refractivity contribution in [2.24, 2.45) is 7.05 Å². The Balaban J connectivity index is 1.74. The second kappa shape index (κ2) is 6.76. The molecule has 1 aliphatic rings. The lowest BCUT2D eigenvalue weighted by Crippen LogP contribution is -2.39. The molecule has 0 fully saturated rings. The first kappa shape index (κ1) is 16.1. The molecule has 1 atom stereocenters. The van der Waals surface area contributed by atoms with Crippen molar-refractivity contribution < 1.29 is 9.90 Å². The number of rotatable bonds is 5. The van der Waals surface area contributed by atoms with Crippen molar-refractivity contribution in [2.75, 3.05) is 18.1 Å². The normalized spacial score (nSPS) is 15.5. The van der Waals surface area contributed by atoms with Crippen LogP contribution in [-0.2, 0) is 24.9 Å². The molecule has 2 aromatic rings. The molecule has 2 aromatic heterocycles. The molecule has 7 nitrogen and oxygen atoms in total. The van der Waals surface area contributed by atoms with Gasteiger partial charge in [0, 0.05) is 19.8 Å². The second-order valence-corrected chi connectivity index (χ2v) is 6.79. The standard InChI is InChI=1S/C15H21N5O2S/c1-3-23-10-14(21)19-6-7-20-11(9-19)8-12(17-20)15(22)13-4-5-16-18(13)2/h4-5,8,15,22H,3,6-7,9-10H2,1-2H3. The third-order valence-corrected chi connectivity index (χ3v) is 4.88. The van der Waals surface area contributed by atoms with Gasteiger partial charge in [0.25, 0.3) is 0 Å². The van der Waals surface area contributed by atoms with E-state index in [4.69, 9.17) is 0 Å². The lowest BCUT2D eigenvalue weighted by atomic mass is 10.1. The minimum Gasteiger partial charge on any atom is -0.380 e. The number of aryl methyl sites for hydroxylation is 1. The minimum atomic E-state index is -0.805. The van der Waals surface area contributed by atoms with Crippen LogP contribution in [0.3, 0.4) is 0 Å². The van der Waals surface area contributed by atoms with E-state index >= 15 is 0 Å². The van der Waals surface area contributed by atoms with E-state index in [0.717, 1.165) is 11.4 Å². The number of hydrogen-bond acceptors (Lipinski definition) is 5. The zero-order chi connectivity index (χ0) is 16.4. The fourth-order valence-electron chi connectivity index (χ4n) is 2.72. The molecule has 3 heterocycles. The predicted molar refractivity (Wildman–Crippen MR) is 87.9 cm³/mol. The van der Waals surface area contributed by atoms with E-state index in [-0.39, 0.29) is 5.91 Å². The largest absolute Gasteiger partial charge is 0.380 e. The Kier molecular flexibility index (Phi) is 4.72. The van der Waals surface area contributed by atoms with Gasteiger partial charge in [-0.15, -0.1) is 0 Å². The van der Waals surface area contributed by atoms with Crippen LogP contribution in [0.25, 0.3) is 0 Å². The molecule has 1 N–H and O–H groups in total. The van der Waals surface area contributed by atoms with Crippen molar-refractivity contribution >= 4 is 17.7 Å². The Morgan fingerprint density at radius 2 is 2.30 bits per heavy atom. The molecule has 0 radical (unpaired) electrons. The average molecular weight is 335 g/mol. The summed E-state index contributed by atoms with van der Waals surface area (Å²) < 4.78 is 3.52. The maximum Gasteiger partial charge on any atom is 0.232 e. The first-order valence-electron chi connectivity index (χ1n) is 7.68. The van der Waals surface area contributed by atoms with Gasteiger partial charge < -0.3 is 10.0 Å². The molecule has 8 heteroatoms. The van der Waals surface area contributed by atoms with Crippen molar-refractivity contribution in [2.45, 2.75) is 26.1 Å². The lowest BCUT2D eigenvalue weighted by Gasteiger charge is -2.27. The van der Waals surface area contributed by atoms with Crippen molar-refractivity contribution in [1.82, 2.24) is 24.5 Å². The molecular weight excluding hydrogens is 314 g/mol. The van der Waals surface area contributed by atoms with E-state index in [0.29, 0.717) is 36.8 Å². The van der Waals surface area contributed by atoms with Crippen LogP contribution >= 0.6 is 11.8 Å². The molecule has 0 aliphatic carbocycles. The fraction of sp³-hybridized carbons (Fsp3) is 0.533. The van der Waals surface area contributed by atoms with Crippen LogP contribution in [0.1, 0.15) is 30.1 Å². The van der Waals surface area contributed by atoms with Gasteiger partial charge in [-0.1, -0.05) is 6.92 Å². The number of aliphatic hydroxyl groups excluding tert-OH is 1. The maximum atomic E-state index is 12.2. The van der Waals surface area contributed by atoms with Gasteiger partial charge in [0.1, 0.15) is 6.10 Å². The van der Waals surface area contributed by atoms with Gasteiger partial charge in [0.15, 0.2) is 0 Å². The Labute approximate surface area is 139 Å². The first-order valence-corrected chi connectivity index (χ1v) is 8.83. The highest BCUT2D eigenvalue weighted by Gasteiger charge is 2.25. The zero-order valence-corrected chi connectivity index (χ0v) is 14.2. The zero-order valence-electron chi connectivity index (χ0n) is 13.3. The van der Waals surface area contributed by atoms with Crippen molar-refractivity contribution in [3.8, 4) is 0 Å². The summed E-state index contributed by atoms with van der Waals surface area (Å²) in [5, 5.41) is 19.0. The number of nitrogens with zero attached hydrogens (tertiary/aromatic N) is 5. The highest BCUT2D eigenvalue weighted by atomic mass is 32.2. The third-order valence-electron chi connectivity index (χ3n) is 4.02.